The topological polar surface area (TPSA) is 61.9 Å². The lowest BCUT2D eigenvalue weighted by atomic mass is 9.99. The number of hydrogen-bond donors (Lipinski definition) is 2. The van der Waals surface area contributed by atoms with Crippen molar-refractivity contribution in [1.82, 2.24) is 0 Å². The van der Waals surface area contributed by atoms with E-state index in [9.17, 15) is 0 Å². The molecule has 0 amide bonds. The molecule has 5 heteroatoms. The van der Waals surface area contributed by atoms with Gasteiger partial charge >= 0.3 is 0 Å². The Bertz CT molecular complexity index is 700. The van der Waals surface area contributed by atoms with Crippen molar-refractivity contribution in [2.24, 2.45) is 10.9 Å². The predicted molar refractivity (Wildman–Crippen MR) is 85.2 cm³/mol. The number of fused-ring (bicyclic) bond motifs is 1. The average molecular weight is 302 g/mol. The van der Waals surface area contributed by atoms with E-state index in [1.165, 1.54) is 11.1 Å². The number of anilines is 1. The van der Waals surface area contributed by atoms with Crippen LogP contribution in [0.4, 0.5) is 5.69 Å². The average Bonchev–Trinajstić information content (AvgIpc) is 2.53. The number of oxime groups is 1. The summed E-state index contributed by atoms with van der Waals surface area (Å²) in [7, 11) is 0. The van der Waals surface area contributed by atoms with Crippen LogP contribution in [0.25, 0.3) is 0 Å². The third kappa shape index (κ3) is 2.67. The van der Waals surface area contributed by atoms with E-state index >= 15 is 0 Å². The smallest absolute Gasteiger partial charge is 0.171 e. The maximum atomic E-state index is 8.73. The fourth-order valence-corrected chi connectivity index (χ4v) is 2.95. The van der Waals surface area contributed by atoms with Gasteiger partial charge in [-0.05, 0) is 35.7 Å². The molecule has 4 nitrogen and oxygen atoms in total. The van der Waals surface area contributed by atoms with Gasteiger partial charge in [-0.2, -0.15) is 0 Å². The second kappa shape index (κ2) is 5.66. The summed E-state index contributed by atoms with van der Waals surface area (Å²) in [6.07, 6.45) is 1.02. The van der Waals surface area contributed by atoms with Gasteiger partial charge in [0.15, 0.2) is 5.84 Å². The van der Waals surface area contributed by atoms with Gasteiger partial charge in [-0.25, -0.2) is 0 Å². The standard InChI is InChI=1S/C16H16ClN3O/c17-15-9-13(5-6-14(15)16(18)19-21)20-8-7-11-3-1-2-4-12(11)10-20/h1-6,9,21H,7-8,10H2,(H2,18,19). The van der Waals surface area contributed by atoms with Gasteiger partial charge in [-0.3, -0.25) is 0 Å². The Balaban J connectivity index is 1.88. The highest BCUT2D eigenvalue weighted by atomic mass is 35.5. The van der Waals surface area contributed by atoms with Crippen LogP contribution in [-0.4, -0.2) is 17.6 Å². The second-order valence-electron chi connectivity index (χ2n) is 5.09. The van der Waals surface area contributed by atoms with Crippen molar-refractivity contribution in [2.45, 2.75) is 13.0 Å². The molecule has 3 rings (SSSR count). The van der Waals surface area contributed by atoms with E-state index in [1.54, 1.807) is 6.07 Å². The number of amidine groups is 1. The van der Waals surface area contributed by atoms with Gasteiger partial charge < -0.3 is 15.8 Å². The number of halogens is 1. The molecular formula is C16H16ClN3O. The Labute approximate surface area is 128 Å². The van der Waals surface area contributed by atoms with Gasteiger partial charge in [0.1, 0.15) is 0 Å². The van der Waals surface area contributed by atoms with Gasteiger partial charge in [0, 0.05) is 24.3 Å². The molecule has 0 fully saturated rings. The quantitative estimate of drug-likeness (QED) is 0.388. The Morgan fingerprint density at radius 2 is 1.95 bits per heavy atom. The molecule has 0 radical (unpaired) electrons. The van der Waals surface area contributed by atoms with Crippen LogP contribution in [-0.2, 0) is 13.0 Å². The van der Waals surface area contributed by atoms with Crippen molar-refractivity contribution in [3.63, 3.8) is 0 Å². The van der Waals surface area contributed by atoms with Crippen LogP contribution >= 0.6 is 11.6 Å². The number of nitrogens with zero attached hydrogens (tertiary/aromatic N) is 2. The molecule has 0 bridgehead atoms. The van der Waals surface area contributed by atoms with E-state index in [1.807, 2.05) is 12.1 Å². The summed E-state index contributed by atoms with van der Waals surface area (Å²) >= 11 is 6.22. The number of hydrogen-bond acceptors (Lipinski definition) is 3. The van der Waals surface area contributed by atoms with E-state index in [2.05, 4.69) is 34.3 Å². The molecule has 0 aromatic heterocycles. The van der Waals surface area contributed by atoms with Crippen molar-refractivity contribution < 1.29 is 5.21 Å². The van der Waals surface area contributed by atoms with Gasteiger partial charge in [0.25, 0.3) is 0 Å². The summed E-state index contributed by atoms with van der Waals surface area (Å²) in [5.74, 6) is 0.0236. The summed E-state index contributed by atoms with van der Waals surface area (Å²) in [4.78, 5) is 2.28. The molecule has 0 saturated heterocycles. The first-order valence-electron chi connectivity index (χ1n) is 6.78. The SMILES string of the molecule is NC(=NO)c1ccc(N2CCc3ccccc3C2)cc1Cl. The summed E-state index contributed by atoms with van der Waals surface area (Å²) in [6, 6.07) is 14.1. The van der Waals surface area contributed by atoms with Crippen molar-refractivity contribution >= 4 is 23.1 Å². The molecule has 2 aromatic carbocycles. The minimum atomic E-state index is 0.0236. The molecule has 2 aromatic rings. The Morgan fingerprint density at radius 1 is 1.19 bits per heavy atom. The lowest BCUT2D eigenvalue weighted by Crippen LogP contribution is -2.30. The molecule has 21 heavy (non-hydrogen) atoms. The van der Waals surface area contributed by atoms with Crippen LogP contribution in [0.15, 0.2) is 47.6 Å². The zero-order valence-electron chi connectivity index (χ0n) is 11.5. The minimum Gasteiger partial charge on any atom is -0.409 e. The highest BCUT2D eigenvalue weighted by Gasteiger charge is 2.17. The van der Waals surface area contributed by atoms with E-state index in [-0.39, 0.29) is 5.84 Å². The zero-order chi connectivity index (χ0) is 14.8. The molecule has 1 aliphatic heterocycles. The van der Waals surface area contributed by atoms with E-state index < -0.39 is 0 Å². The molecule has 1 aliphatic rings. The van der Waals surface area contributed by atoms with Crippen LogP contribution in [0.1, 0.15) is 16.7 Å². The maximum absolute atomic E-state index is 8.73. The largest absolute Gasteiger partial charge is 0.409 e. The third-order valence-electron chi connectivity index (χ3n) is 3.83. The van der Waals surface area contributed by atoms with E-state index in [4.69, 9.17) is 22.5 Å². The molecule has 0 saturated carbocycles. The Kier molecular flexibility index (Phi) is 3.71. The first-order chi connectivity index (χ1) is 10.2. The van der Waals surface area contributed by atoms with Crippen LogP contribution in [0.3, 0.4) is 0 Å². The fourth-order valence-electron chi connectivity index (χ4n) is 2.68. The maximum Gasteiger partial charge on any atom is 0.171 e. The monoisotopic (exact) mass is 301 g/mol. The molecule has 3 N–H and O–H groups in total. The third-order valence-corrected chi connectivity index (χ3v) is 4.14. The Morgan fingerprint density at radius 3 is 2.67 bits per heavy atom. The second-order valence-corrected chi connectivity index (χ2v) is 5.50. The van der Waals surface area contributed by atoms with Crippen LogP contribution in [0, 0.1) is 0 Å². The van der Waals surface area contributed by atoms with Gasteiger partial charge in [-0.15, -0.1) is 0 Å². The van der Waals surface area contributed by atoms with Crippen LogP contribution in [0.2, 0.25) is 5.02 Å². The number of rotatable bonds is 2. The van der Waals surface area contributed by atoms with Gasteiger partial charge in [0.2, 0.25) is 0 Å². The lowest BCUT2D eigenvalue weighted by Gasteiger charge is -2.31. The molecule has 0 aliphatic carbocycles. The van der Waals surface area contributed by atoms with Crippen molar-refractivity contribution in [1.29, 1.82) is 0 Å². The molecule has 1 heterocycles. The fraction of sp³-hybridized carbons (Fsp3) is 0.188. The molecule has 0 atom stereocenters. The summed E-state index contributed by atoms with van der Waals surface area (Å²) in [6.45, 7) is 1.83. The number of benzene rings is 2. The molecular weight excluding hydrogens is 286 g/mol. The zero-order valence-corrected chi connectivity index (χ0v) is 12.2. The van der Waals surface area contributed by atoms with Crippen LogP contribution < -0.4 is 10.6 Å². The molecule has 108 valence electrons. The molecule has 0 unspecified atom stereocenters. The van der Waals surface area contributed by atoms with Crippen LogP contribution in [0.5, 0.6) is 0 Å². The first kappa shape index (κ1) is 13.8. The lowest BCUT2D eigenvalue weighted by molar-refractivity contribution is 0.318. The summed E-state index contributed by atoms with van der Waals surface area (Å²) in [5, 5.41) is 12.2. The minimum absolute atomic E-state index is 0.0236. The van der Waals surface area contributed by atoms with E-state index in [0.717, 1.165) is 25.2 Å². The normalized spacial score (nSPS) is 14.9. The predicted octanol–water partition coefficient (Wildman–Crippen LogP) is 3.00. The number of nitrogens with two attached hydrogens (primary N) is 1. The highest BCUT2D eigenvalue weighted by Crippen LogP contribution is 2.28. The Hall–Kier alpha value is -2.20. The first-order valence-corrected chi connectivity index (χ1v) is 7.16. The van der Waals surface area contributed by atoms with Crippen molar-refractivity contribution in [3.05, 3.63) is 64.2 Å². The van der Waals surface area contributed by atoms with E-state index in [0.29, 0.717) is 10.6 Å². The van der Waals surface area contributed by atoms with Crippen molar-refractivity contribution in [3.8, 4) is 0 Å². The van der Waals surface area contributed by atoms with Gasteiger partial charge in [0.05, 0.1) is 5.02 Å². The highest BCUT2D eigenvalue weighted by molar-refractivity contribution is 6.34. The van der Waals surface area contributed by atoms with Crippen molar-refractivity contribution in [2.75, 3.05) is 11.4 Å². The summed E-state index contributed by atoms with van der Waals surface area (Å²) in [5.41, 5.74) is 9.93. The van der Waals surface area contributed by atoms with Gasteiger partial charge in [-0.1, -0.05) is 41.0 Å². The molecule has 0 spiro atoms. The summed E-state index contributed by atoms with van der Waals surface area (Å²) < 4.78 is 0.